The van der Waals surface area contributed by atoms with Crippen LogP contribution in [0.2, 0.25) is 0 Å². The third kappa shape index (κ3) is 3.81. The Bertz CT molecular complexity index is 457. The van der Waals surface area contributed by atoms with Crippen LogP contribution < -0.4 is 5.32 Å². The Labute approximate surface area is 105 Å². The van der Waals surface area contributed by atoms with Crippen LogP contribution in [0.5, 0.6) is 0 Å². The first kappa shape index (κ1) is 14.1. The van der Waals surface area contributed by atoms with Crippen LogP contribution in [0, 0.1) is 17.0 Å². The van der Waals surface area contributed by atoms with E-state index in [4.69, 9.17) is 5.11 Å². The van der Waals surface area contributed by atoms with E-state index in [1.807, 2.05) is 0 Å². The highest BCUT2D eigenvalue weighted by Gasteiger charge is 2.19. The number of amides is 1. The lowest BCUT2D eigenvalue weighted by Gasteiger charge is -2.07. The van der Waals surface area contributed by atoms with Gasteiger partial charge in [-0.1, -0.05) is 6.07 Å². The van der Waals surface area contributed by atoms with Gasteiger partial charge in [0, 0.05) is 12.6 Å². The molecule has 0 spiro atoms. The molecule has 2 N–H and O–H groups in total. The highest BCUT2D eigenvalue weighted by atomic mass is 16.6. The standard InChI is InChI=1S/C12H16N2O4/c1-8-3-4-11(14(17)18)10(7-8)12(16)13-6-5-9(2)15/h3-4,7,9,15H,5-6H2,1-2H3,(H,13,16). The van der Waals surface area contributed by atoms with Crippen LogP contribution in [0.3, 0.4) is 0 Å². The number of hydrogen-bond donors (Lipinski definition) is 2. The van der Waals surface area contributed by atoms with Gasteiger partial charge in [0.2, 0.25) is 0 Å². The zero-order chi connectivity index (χ0) is 13.7. The predicted octanol–water partition coefficient (Wildman–Crippen LogP) is 1.40. The first-order valence-electron chi connectivity index (χ1n) is 5.63. The summed E-state index contributed by atoms with van der Waals surface area (Å²) in [6.07, 6.45) is -0.108. The fourth-order valence-electron chi connectivity index (χ4n) is 1.48. The minimum absolute atomic E-state index is 0.0468. The molecule has 0 fully saturated rings. The average Bonchev–Trinajstić information content (AvgIpc) is 2.27. The minimum atomic E-state index is -0.580. The van der Waals surface area contributed by atoms with Crippen molar-refractivity contribution >= 4 is 11.6 Å². The number of nitro benzene ring substituents is 1. The number of carbonyl (C=O) groups excluding carboxylic acids is 1. The lowest BCUT2D eigenvalue weighted by Crippen LogP contribution is -2.27. The molecule has 0 aliphatic heterocycles. The van der Waals surface area contributed by atoms with E-state index in [1.54, 1.807) is 19.9 Å². The highest BCUT2D eigenvalue weighted by molar-refractivity contribution is 5.98. The van der Waals surface area contributed by atoms with Crippen molar-refractivity contribution in [2.24, 2.45) is 0 Å². The fourth-order valence-corrected chi connectivity index (χ4v) is 1.48. The molecule has 0 aromatic heterocycles. The van der Waals surface area contributed by atoms with E-state index in [9.17, 15) is 14.9 Å². The van der Waals surface area contributed by atoms with Crippen molar-refractivity contribution in [1.29, 1.82) is 0 Å². The molecule has 98 valence electrons. The van der Waals surface area contributed by atoms with Gasteiger partial charge in [0.05, 0.1) is 11.0 Å². The molecule has 0 aliphatic carbocycles. The quantitative estimate of drug-likeness (QED) is 0.612. The Morgan fingerprint density at radius 3 is 2.78 bits per heavy atom. The van der Waals surface area contributed by atoms with Gasteiger partial charge in [-0.25, -0.2) is 0 Å². The van der Waals surface area contributed by atoms with Crippen LogP contribution >= 0.6 is 0 Å². The number of rotatable bonds is 5. The van der Waals surface area contributed by atoms with Gasteiger partial charge in [-0.2, -0.15) is 0 Å². The Hall–Kier alpha value is -1.95. The lowest BCUT2D eigenvalue weighted by atomic mass is 10.1. The molecule has 1 aromatic carbocycles. The van der Waals surface area contributed by atoms with Gasteiger partial charge < -0.3 is 10.4 Å². The molecule has 1 atom stereocenters. The minimum Gasteiger partial charge on any atom is -0.393 e. The molecule has 0 heterocycles. The van der Waals surface area contributed by atoms with Crippen molar-refractivity contribution in [3.63, 3.8) is 0 Å². The smallest absolute Gasteiger partial charge is 0.282 e. The summed E-state index contributed by atoms with van der Waals surface area (Å²) in [6.45, 7) is 3.65. The molecule has 0 bridgehead atoms. The molecule has 0 radical (unpaired) electrons. The first-order valence-corrected chi connectivity index (χ1v) is 5.63. The summed E-state index contributed by atoms with van der Waals surface area (Å²) < 4.78 is 0. The second-order valence-corrected chi connectivity index (χ2v) is 4.17. The number of aliphatic hydroxyl groups is 1. The van der Waals surface area contributed by atoms with Crippen LogP contribution in [0.1, 0.15) is 29.3 Å². The van der Waals surface area contributed by atoms with Crippen molar-refractivity contribution in [3.8, 4) is 0 Å². The van der Waals surface area contributed by atoms with Gasteiger partial charge in [-0.15, -0.1) is 0 Å². The fraction of sp³-hybridized carbons (Fsp3) is 0.417. The number of aliphatic hydroxyl groups excluding tert-OH is 1. The van der Waals surface area contributed by atoms with Gasteiger partial charge in [-0.05, 0) is 31.9 Å². The second-order valence-electron chi connectivity index (χ2n) is 4.17. The third-order valence-electron chi connectivity index (χ3n) is 2.44. The van der Waals surface area contributed by atoms with Gasteiger partial charge >= 0.3 is 0 Å². The van der Waals surface area contributed by atoms with Crippen LogP contribution in [0.4, 0.5) is 5.69 Å². The summed E-state index contributed by atoms with van der Waals surface area (Å²) in [6, 6.07) is 4.39. The van der Waals surface area contributed by atoms with Crippen molar-refractivity contribution in [2.75, 3.05) is 6.54 Å². The molecule has 6 heteroatoms. The maximum Gasteiger partial charge on any atom is 0.282 e. The van der Waals surface area contributed by atoms with E-state index in [0.717, 1.165) is 5.56 Å². The number of aryl methyl sites for hydroxylation is 1. The summed E-state index contributed by atoms with van der Waals surface area (Å²) >= 11 is 0. The van der Waals surface area contributed by atoms with E-state index in [2.05, 4.69) is 5.32 Å². The molecule has 1 aromatic rings. The number of hydrogen-bond acceptors (Lipinski definition) is 4. The van der Waals surface area contributed by atoms with Gasteiger partial charge in [0.25, 0.3) is 11.6 Å². The van der Waals surface area contributed by atoms with E-state index >= 15 is 0 Å². The molecule has 6 nitrogen and oxygen atoms in total. The Balaban J connectivity index is 2.84. The molecule has 0 saturated heterocycles. The Morgan fingerprint density at radius 2 is 2.22 bits per heavy atom. The van der Waals surface area contributed by atoms with Crippen molar-refractivity contribution in [1.82, 2.24) is 5.32 Å². The maximum absolute atomic E-state index is 11.8. The van der Waals surface area contributed by atoms with E-state index in [1.165, 1.54) is 12.1 Å². The second kappa shape index (κ2) is 6.11. The number of nitrogens with one attached hydrogen (secondary N) is 1. The summed E-state index contributed by atoms with van der Waals surface area (Å²) in [4.78, 5) is 22.0. The van der Waals surface area contributed by atoms with Crippen LogP contribution in [-0.2, 0) is 0 Å². The normalized spacial score (nSPS) is 11.9. The molecule has 18 heavy (non-hydrogen) atoms. The van der Waals surface area contributed by atoms with E-state index in [-0.39, 0.29) is 17.8 Å². The average molecular weight is 252 g/mol. The zero-order valence-electron chi connectivity index (χ0n) is 10.3. The highest BCUT2D eigenvalue weighted by Crippen LogP contribution is 2.19. The zero-order valence-corrected chi connectivity index (χ0v) is 10.3. The van der Waals surface area contributed by atoms with Gasteiger partial charge in [0.15, 0.2) is 0 Å². The molecular weight excluding hydrogens is 236 g/mol. The Kier molecular flexibility index (Phi) is 4.79. The van der Waals surface area contributed by atoms with Crippen LogP contribution in [0.15, 0.2) is 18.2 Å². The third-order valence-corrected chi connectivity index (χ3v) is 2.44. The number of nitrogens with zero attached hydrogens (tertiary/aromatic N) is 1. The largest absolute Gasteiger partial charge is 0.393 e. The molecule has 1 unspecified atom stereocenters. The Morgan fingerprint density at radius 1 is 1.56 bits per heavy atom. The number of nitro groups is 1. The molecule has 1 rings (SSSR count). The molecule has 0 aliphatic rings. The molecular formula is C12H16N2O4. The van der Waals surface area contributed by atoms with Crippen molar-refractivity contribution in [2.45, 2.75) is 26.4 Å². The molecule has 1 amide bonds. The van der Waals surface area contributed by atoms with Crippen molar-refractivity contribution in [3.05, 3.63) is 39.4 Å². The SMILES string of the molecule is Cc1ccc([N+](=O)[O-])c(C(=O)NCCC(C)O)c1. The predicted molar refractivity (Wildman–Crippen MR) is 66.5 cm³/mol. The summed E-state index contributed by atoms with van der Waals surface area (Å²) in [5.74, 6) is -0.494. The topological polar surface area (TPSA) is 92.5 Å². The maximum atomic E-state index is 11.8. The monoisotopic (exact) mass is 252 g/mol. The van der Waals surface area contributed by atoms with E-state index in [0.29, 0.717) is 6.42 Å². The van der Waals surface area contributed by atoms with E-state index < -0.39 is 16.9 Å². The van der Waals surface area contributed by atoms with Gasteiger partial charge in [-0.3, -0.25) is 14.9 Å². The number of benzene rings is 1. The van der Waals surface area contributed by atoms with Gasteiger partial charge in [0.1, 0.15) is 5.56 Å². The van der Waals surface area contributed by atoms with Crippen LogP contribution in [-0.4, -0.2) is 28.6 Å². The first-order chi connectivity index (χ1) is 8.41. The summed E-state index contributed by atoms with van der Waals surface area (Å²) in [7, 11) is 0. The lowest BCUT2D eigenvalue weighted by molar-refractivity contribution is -0.385. The molecule has 0 saturated carbocycles. The summed E-state index contributed by atoms with van der Waals surface area (Å²) in [5, 5.41) is 22.4. The van der Waals surface area contributed by atoms with Crippen LogP contribution in [0.25, 0.3) is 0 Å². The summed E-state index contributed by atoms with van der Waals surface area (Å²) in [5.41, 5.74) is 0.613. The number of carbonyl (C=O) groups is 1. The van der Waals surface area contributed by atoms with Crippen molar-refractivity contribution < 1.29 is 14.8 Å².